The SMILES string of the molecule is COCCNS(=O)(=O)NCC(F)(F)CO. The van der Waals surface area contributed by atoms with Gasteiger partial charge in [-0.1, -0.05) is 0 Å². The summed E-state index contributed by atoms with van der Waals surface area (Å²) in [6, 6.07) is 0. The van der Waals surface area contributed by atoms with E-state index in [4.69, 9.17) is 5.11 Å². The van der Waals surface area contributed by atoms with E-state index in [2.05, 4.69) is 4.74 Å². The highest BCUT2D eigenvalue weighted by Gasteiger charge is 2.29. The highest BCUT2D eigenvalue weighted by atomic mass is 32.2. The van der Waals surface area contributed by atoms with Crippen molar-refractivity contribution >= 4 is 10.2 Å². The molecular weight excluding hydrogens is 234 g/mol. The van der Waals surface area contributed by atoms with Gasteiger partial charge in [-0.25, -0.2) is 8.78 Å². The number of nitrogens with one attached hydrogen (secondary N) is 2. The molecule has 0 rings (SSSR count). The number of aliphatic hydroxyl groups is 1. The zero-order valence-electron chi connectivity index (χ0n) is 8.16. The lowest BCUT2D eigenvalue weighted by molar-refractivity contribution is -0.0437. The highest BCUT2D eigenvalue weighted by molar-refractivity contribution is 7.87. The second kappa shape index (κ2) is 6.28. The van der Waals surface area contributed by atoms with Gasteiger partial charge in [-0.05, 0) is 0 Å². The van der Waals surface area contributed by atoms with Crippen molar-refractivity contribution in [3.63, 3.8) is 0 Å². The molecule has 0 heterocycles. The van der Waals surface area contributed by atoms with Crippen molar-refractivity contribution in [1.82, 2.24) is 9.44 Å². The fourth-order valence-electron chi connectivity index (χ4n) is 0.586. The van der Waals surface area contributed by atoms with E-state index >= 15 is 0 Å². The number of ether oxygens (including phenoxy) is 1. The van der Waals surface area contributed by atoms with Gasteiger partial charge in [0.25, 0.3) is 16.1 Å². The summed E-state index contributed by atoms with van der Waals surface area (Å²) < 4.78 is 55.0. The zero-order chi connectivity index (χ0) is 11.9. The first kappa shape index (κ1) is 14.6. The Morgan fingerprint density at radius 2 is 2.00 bits per heavy atom. The molecule has 0 aliphatic rings. The fraction of sp³-hybridized carbons (Fsp3) is 1.00. The average Bonchev–Trinajstić information content (AvgIpc) is 2.16. The predicted octanol–water partition coefficient (Wildman–Crippen LogP) is -1.32. The molecule has 0 aromatic heterocycles. The van der Waals surface area contributed by atoms with Gasteiger partial charge in [0.2, 0.25) is 0 Å². The molecule has 0 unspecified atom stereocenters. The molecule has 0 saturated heterocycles. The van der Waals surface area contributed by atoms with Crippen LogP contribution in [0.4, 0.5) is 8.78 Å². The van der Waals surface area contributed by atoms with Gasteiger partial charge in [0.05, 0.1) is 13.2 Å². The maximum absolute atomic E-state index is 12.4. The Hall–Kier alpha value is -0.350. The number of hydrogen-bond acceptors (Lipinski definition) is 4. The van der Waals surface area contributed by atoms with Gasteiger partial charge < -0.3 is 9.84 Å². The Labute approximate surface area is 86.8 Å². The molecule has 92 valence electrons. The minimum absolute atomic E-state index is 0.0173. The molecule has 0 fully saturated rings. The first-order valence-corrected chi connectivity index (χ1v) is 5.53. The lowest BCUT2D eigenvalue weighted by atomic mass is 10.4. The van der Waals surface area contributed by atoms with Gasteiger partial charge in [-0.15, -0.1) is 0 Å². The van der Waals surface area contributed by atoms with Crippen LogP contribution in [-0.2, 0) is 14.9 Å². The third-order valence-corrected chi connectivity index (χ3v) is 2.46. The van der Waals surface area contributed by atoms with Gasteiger partial charge in [-0.3, -0.25) is 0 Å². The van der Waals surface area contributed by atoms with Crippen LogP contribution in [0.3, 0.4) is 0 Å². The Morgan fingerprint density at radius 1 is 1.40 bits per heavy atom. The molecule has 0 aliphatic heterocycles. The molecule has 3 N–H and O–H groups in total. The third kappa shape index (κ3) is 7.56. The van der Waals surface area contributed by atoms with E-state index in [1.54, 1.807) is 4.72 Å². The summed E-state index contributed by atoms with van der Waals surface area (Å²) >= 11 is 0. The average molecular weight is 248 g/mol. The summed E-state index contributed by atoms with van der Waals surface area (Å²) in [6.45, 7) is -2.44. The van der Waals surface area contributed by atoms with Crippen molar-refractivity contribution in [3.05, 3.63) is 0 Å². The smallest absolute Gasteiger partial charge is 0.283 e. The lowest BCUT2D eigenvalue weighted by Crippen LogP contribution is -2.44. The monoisotopic (exact) mass is 248 g/mol. The molecule has 0 spiro atoms. The summed E-state index contributed by atoms with van der Waals surface area (Å²) in [5.74, 6) is -3.46. The second-order valence-corrected chi connectivity index (χ2v) is 4.31. The maximum atomic E-state index is 12.4. The van der Waals surface area contributed by atoms with Gasteiger partial charge in [0.1, 0.15) is 6.61 Å². The molecule has 0 amide bonds. The van der Waals surface area contributed by atoms with Gasteiger partial charge in [0.15, 0.2) is 0 Å². The summed E-state index contributed by atoms with van der Waals surface area (Å²) in [4.78, 5) is 0. The highest BCUT2D eigenvalue weighted by Crippen LogP contribution is 2.09. The van der Waals surface area contributed by atoms with Gasteiger partial charge in [0, 0.05) is 13.7 Å². The zero-order valence-corrected chi connectivity index (χ0v) is 8.98. The second-order valence-electron chi connectivity index (χ2n) is 2.73. The van der Waals surface area contributed by atoms with Crippen LogP contribution in [0.15, 0.2) is 0 Å². The normalized spacial score (nSPS) is 13.1. The molecule has 0 aliphatic carbocycles. The first-order valence-electron chi connectivity index (χ1n) is 4.05. The van der Waals surface area contributed by atoms with Crippen molar-refractivity contribution in [2.45, 2.75) is 5.92 Å². The van der Waals surface area contributed by atoms with Crippen molar-refractivity contribution in [3.8, 4) is 0 Å². The van der Waals surface area contributed by atoms with Crippen molar-refractivity contribution < 1.29 is 27.0 Å². The largest absolute Gasteiger partial charge is 0.390 e. The maximum Gasteiger partial charge on any atom is 0.283 e. The standard InChI is InChI=1S/C6H14F2N2O4S/c1-14-3-2-9-15(12,13)10-4-6(7,8)5-11/h9-11H,2-5H2,1H3. The minimum atomic E-state index is -3.97. The van der Waals surface area contributed by atoms with E-state index in [1.165, 1.54) is 7.11 Å². The number of halogens is 2. The predicted molar refractivity (Wildman–Crippen MR) is 48.8 cm³/mol. The quantitative estimate of drug-likeness (QED) is 0.465. The van der Waals surface area contributed by atoms with Crippen LogP contribution in [0.2, 0.25) is 0 Å². The summed E-state index contributed by atoms with van der Waals surface area (Å²) in [6.07, 6.45) is 0. The molecule has 9 heteroatoms. The number of rotatable bonds is 8. The van der Waals surface area contributed by atoms with E-state index in [9.17, 15) is 17.2 Å². The van der Waals surface area contributed by atoms with Crippen LogP contribution in [0.5, 0.6) is 0 Å². The van der Waals surface area contributed by atoms with Crippen molar-refractivity contribution in [1.29, 1.82) is 0 Å². The van der Waals surface area contributed by atoms with Gasteiger partial charge >= 0.3 is 0 Å². The molecule has 0 saturated carbocycles. The van der Waals surface area contributed by atoms with E-state index in [-0.39, 0.29) is 13.2 Å². The Balaban J connectivity index is 3.94. The van der Waals surface area contributed by atoms with E-state index in [0.717, 1.165) is 0 Å². The molecule has 15 heavy (non-hydrogen) atoms. The fourth-order valence-corrected chi connectivity index (χ4v) is 1.44. The van der Waals surface area contributed by atoms with Crippen LogP contribution in [0.25, 0.3) is 0 Å². The molecule has 0 radical (unpaired) electrons. The van der Waals surface area contributed by atoms with Crippen LogP contribution in [0.1, 0.15) is 0 Å². The Morgan fingerprint density at radius 3 is 2.47 bits per heavy atom. The third-order valence-electron chi connectivity index (χ3n) is 1.35. The number of hydrogen-bond donors (Lipinski definition) is 3. The van der Waals surface area contributed by atoms with Crippen LogP contribution in [-0.4, -0.2) is 52.9 Å². The summed E-state index contributed by atoms with van der Waals surface area (Å²) in [5.41, 5.74) is 0. The molecule has 0 atom stereocenters. The molecule has 6 nitrogen and oxygen atoms in total. The van der Waals surface area contributed by atoms with Crippen LogP contribution < -0.4 is 9.44 Å². The summed E-state index contributed by atoms with van der Waals surface area (Å²) in [7, 11) is -2.59. The summed E-state index contributed by atoms with van der Waals surface area (Å²) in [5, 5.41) is 8.18. The van der Waals surface area contributed by atoms with Crippen molar-refractivity contribution in [2.75, 3.05) is 33.4 Å². The molecular formula is C6H14F2N2O4S. The Bertz CT molecular complexity index is 270. The Kier molecular flexibility index (Phi) is 6.13. The minimum Gasteiger partial charge on any atom is -0.390 e. The molecule has 0 aromatic rings. The number of methoxy groups -OCH3 is 1. The number of aliphatic hydroxyl groups excluding tert-OH is 1. The lowest BCUT2D eigenvalue weighted by Gasteiger charge is -2.14. The molecule has 0 bridgehead atoms. The van der Waals surface area contributed by atoms with E-state index in [0.29, 0.717) is 0 Å². The van der Waals surface area contributed by atoms with Crippen LogP contribution >= 0.6 is 0 Å². The van der Waals surface area contributed by atoms with E-state index in [1.807, 2.05) is 4.72 Å². The first-order chi connectivity index (χ1) is 6.83. The van der Waals surface area contributed by atoms with Crippen LogP contribution in [0, 0.1) is 0 Å². The number of alkyl halides is 2. The van der Waals surface area contributed by atoms with Crippen molar-refractivity contribution in [2.24, 2.45) is 0 Å². The topological polar surface area (TPSA) is 87.7 Å². The van der Waals surface area contributed by atoms with Gasteiger partial charge in [-0.2, -0.15) is 17.9 Å². The van der Waals surface area contributed by atoms with E-state index < -0.39 is 29.3 Å². The molecule has 0 aromatic carbocycles.